The Morgan fingerprint density at radius 2 is 1.58 bits per heavy atom. The van der Waals surface area contributed by atoms with Crippen molar-refractivity contribution < 1.29 is 9.53 Å². The molecular formula is C24H23Cl2NO2S2. The molecule has 0 spiro atoms. The van der Waals surface area contributed by atoms with E-state index < -0.39 is 0 Å². The highest BCUT2D eigenvalue weighted by molar-refractivity contribution is 7.99. The number of amides is 1. The van der Waals surface area contributed by atoms with Crippen molar-refractivity contribution in [2.75, 3.05) is 24.7 Å². The first-order valence-electron chi connectivity index (χ1n) is 9.83. The minimum Gasteiger partial charge on any atom is -0.493 e. The van der Waals surface area contributed by atoms with Crippen molar-refractivity contribution in [1.82, 2.24) is 5.32 Å². The van der Waals surface area contributed by atoms with Gasteiger partial charge in [-0.25, -0.2) is 0 Å². The highest BCUT2D eigenvalue weighted by Crippen LogP contribution is 2.28. The summed E-state index contributed by atoms with van der Waals surface area (Å²) in [6.07, 6.45) is 0. The molecule has 0 aromatic heterocycles. The minimum atomic E-state index is -0.0949. The lowest BCUT2D eigenvalue weighted by molar-refractivity contribution is 0.0956. The van der Waals surface area contributed by atoms with Crippen LogP contribution in [0.2, 0.25) is 10.0 Å². The Labute approximate surface area is 201 Å². The number of benzene rings is 3. The molecule has 7 heteroatoms. The maximum atomic E-state index is 12.3. The zero-order chi connectivity index (χ0) is 21.9. The van der Waals surface area contributed by atoms with E-state index in [0.29, 0.717) is 34.5 Å². The monoisotopic (exact) mass is 491 g/mol. The summed E-state index contributed by atoms with van der Waals surface area (Å²) in [6.45, 7) is 1.18. The molecule has 0 saturated carbocycles. The summed E-state index contributed by atoms with van der Waals surface area (Å²) in [5.74, 6) is 3.01. The summed E-state index contributed by atoms with van der Waals surface area (Å²) in [6, 6.07) is 23.0. The van der Waals surface area contributed by atoms with Gasteiger partial charge in [-0.3, -0.25) is 4.79 Å². The Kier molecular flexibility index (Phi) is 9.94. The first-order chi connectivity index (χ1) is 15.1. The van der Waals surface area contributed by atoms with Gasteiger partial charge < -0.3 is 10.1 Å². The van der Waals surface area contributed by atoms with Crippen LogP contribution in [0.15, 0.2) is 77.7 Å². The van der Waals surface area contributed by atoms with Crippen LogP contribution in [0.25, 0.3) is 0 Å². The van der Waals surface area contributed by atoms with Crippen LogP contribution >= 0.6 is 46.7 Å². The fourth-order valence-electron chi connectivity index (χ4n) is 2.72. The Morgan fingerprint density at radius 3 is 2.29 bits per heavy atom. The Hall–Kier alpha value is -1.79. The van der Waals surface area contributed by atoms with Crippen LogP contribution in [0, 0.1) is 0 Å². The molecule has 0 bridgehead atoms. The summed E-state index contributed by atoms with van der Waals surface area (Å²) in [5.41, 5.74) is 1.55. The van der Waals surface area contributed by atoms with Gasteiger partial charge >= 0.3 is 0 Å². The Morgan fingerprint density at radius 1 is 0.871 bits per heavy atom. The maximum Gasteiger partial charge on any atom is 0.251 e. The molecular weight excluding hydrogens is 469 g/mol. The van der Waals surface area contributed by atoms with Gasteiger partial charge in [-0.15, -0.1) is 11.8 Å². The van der Waals surface area contributed by atoms with Crippen LogP contribution in [0.5, 0.6) is 5.75 Å². The molecule has 162 valence electrons. The summed E-state index contributed by atoms with van der Waals surface area (Å²) in [7, 11) is 0. The Bertz CT molecular complexity index is 949. The van der Waals surface area contributed by atoms with E-state index in [1.807, 2.05) is 48.5 Å². The molecule has 3 rings (SSSR count). The second-order valence-electron chi connectivity index (χ2n) is 6.54. The summed E-state index contributed by atoms with van der Waals surface area (Å²) in [4.78, 5) is 13.5. The Balaban J connectivity index is 1.33. The fraction of sp³-hybridized carbons (Fsp3) is 0.208. The molecule has 1 amide bonds. The average Bonchev–Trinajstić information content (AvgIpc) is 2.79. The average molecular weight is 492 g/mol. The van der Waals surface area contributed by atoms with Crippen LogP contribution in [-0.4, -0.2) is 30.6 Å². The van der Waals surface area contributed by atoms with Gasteiger partial charge in [0.05, 0.1) is 6.61 Å². The van der Waals surface area contributed by atoms with E-state index in [4.69, 9.17) is 27.9 Å². The number of thioether (sulfide) groups is 2. The van der Waals surface area contributed by atoms with Crippen molar-refractivity contribution in [2.45, 2.75) is 10.6 Å². The molecule has 3 nitrogen and oxygen atoms in total. The van der Waals surface area contributed by atoms with E-state index in [-0.39, 0.29) is 5.91 Å². The van der Waals surface area contributed by atoms with Gasteiger partial charge in [-0.2, -0.15) is 11.8 Å². The second-order valence-corrected chi connectivity index (χ2v) is 9.63. The quantitative estimate of drug-likeness (QED) is 0.235. The fourth-order valence-corrected chi connectivity index (χ4v) is 5.07. The number of carbonyl (C=O) groups is 1. The molecule has 0 unspecified atom stereocenters. The number of hydrogen-bond donors (Lipinski definition) is 1. The molecule has 0 aliphatic carbocycles. The molecule has 0 atom stereocenters. The molecule has 1 N–H and O–H groups in total. The lowest BCUT2D eigenvalue weighted by atomic mass is 10.2. The summed E-state index contributed by atoms with van der Waals surface area (Å²) >= 11 is 15.8. The molecule has 0 aliphatic rings. The third kappa shape index (κ3) is 8.00. The lowest BCUT2D eigenvalue weighted by Crippen LogP contribution is -2.25. The molecule has 3 aromatic rings. The third-order valence-corrected chi connectivity index (χ3v) is 6.99. The number of ether oxygens (including phenoxy) is 1. The first kappa shape index (κ1) is 23.9. The third-order valence-electron chi connectivity index (χ3n) is 4.32. The number of nitrogens with one attached hydrogen (secondary N) is 1. The van der Waals surface area contributed by atoms with E-state index in [2.05, 4.69) is 17.4 Å². The molecule has 0 fully saturated rings. The van der Waals surface area contributed by atoms with E-state index >= 15 is 0 Å². The molecule has 0 aliphatic heterocycles. The maximum absolute atomic E-state index is 12.3. The van der Waals surface area contributed by atoms with Gasteiger partial charge in [0.25, 0.3) is 5.91 Å². The zero-order valence-corrected chi connectivity index (χ0v) is 20.0. The smallest absolute Gasteiger partial charge is 0.251 e. The van der Waals surface area contributed by atoms with Crippen molar-refractivity contribution in [2.24, 2.45) is 0 Å². The first-order valence-corrected chi connectivity index (χ1v) is 12.7. The van der Waals surface area contributed by atoms with Crippen LogP contribution in [-0.2, 0) is 5.75 Å². The van der Waals surface area contributed by atoms with Crippen molar-refractivity contribution >= 4 is 52.6 Å². The number of hydrogen-bond acceptors (Lipinski definition) is 4. The van der Waals surface area contributed by atoms with Crippen molar-refractivity contribution in [1.29, 1.82) is 0 Å². The predicted octanol–water partition coefficient (Wildman–Crippen LogP) is 6.83. The van der Waals surface area contributed by atoms with E-state index in [1.54, 1.807) is 35.7 Å². The van der Waals surface area contributed by atoms with Crippen molar-refractivity contribution in [3.8, 4) is 5.75 Å². The minimum absolute atomic E-state index is 0.0949. The normalized spacial score (nSPS) is 10.6. The van der Waals surface area contributed by atoms with Gasteiger partial charge in [0.2, 0.25) is 0 Å². The van der Waals surface area contributed by atoms with Crippen LogP contribution in [0.3, 0.4) is 0 Å². The predicted molar refractivity (Wildman–Crippen MR) is 134 cm³/mol. The van der Waals surface area contributed by atoms with Gasteiger partial charge in [0.1, 0.15) is 5.75 Å². The summed E-state index contributed by atoms with van der Waals surface area (Å²) in [5, 5.41) is 4.28. The van der Waals surface area contributed by atoms with Crippen LogP contribution in [0.4, 0.5) is 0 Å². The lowest BCUT2D eigenvalue weighted by Gasteiger charge is -2.09. The van der Waals surface area contributed by atoms with Gasteiger partial charge in [0.15, 0.2) is 0 Å². The van der Waals surface area contributed by atoms with E-state index in [1.165, 1.54) is 4.90 Å². The molecule has 0 radical (unpaired) electrons. The van der Waals surface area contributed by atoms with E-state index in [0.717, 1.165) is 22.8 Å². The highest BCUT2D eigenvalue weighted by atomic mass is 35.5. The molecule has 0 saturated heterocycles. The second kappa shape index (κ2) is 12.9. The standard InChI is InChI=1S/C24H23Cl2NO2S2/c25-22-7-4-8-23(26)21(22)17-30-15-13-27-24(28)18-9-11-19(12-10-18)29-14-16-31-20-5-2-1-3-6-20/h1-12H,13-17H2,(H,27,28). The van der Waals surface area contributed by atoms with Gasteiger partial charge in [0, 0.05) is 44.3 Å². The largest absolute Gasteiger partial charge is 0.493 e. The van der Waals surface area contributed by atoms with Crippen molar-refractivity contribution in [3.05, 3.63) is 94.0 Å². The topological polar surface area (TPSA) is 38.3 Å². The van der Waals surface area contributed by atoms with Gasteiger partial charge in [-0.1, -0.05) is 47.5 Å². The number of halogens is 2. The molecule has 31 heavy (non-hydrogen) atoms. The SMILES string of the molecule is O=C(NCCSCc1c(Cl)cccc1Cl)c1ccc(OCCSc2ccccc2)cc1. The van der Waals surface area contributed by atoms with Crippen LogP contribution < -0.4 is 10.1 Å². The number of carbonyl (C=O) groups excluding carboxylic acids is 1. The van der Waals surface area contributed by atoms with Gasteiger partial charge in [-0.05, 0) is 54.1 Å². The number of rotatable bonds is 11. The van der Waals surface area contributed by atoms with E-state index in [9.17, 15) is 4.79 Å². The molecule has 0 heterocycles. The zero-order valence-electron chi connectivity index (χ0n) is 16.9. The molecule has 3 aromatic carbocycles. The van der Waals surface area contributed by atoms with Crippen molar-refractivity contribution in [3.63, 3.8) is 0 Å². The highest BCUT2D eigenvalue weighted by Gasteiger charge is 2.07. The van der Waals surface area contributed by atoms with Crippen LogP contribution in [0.1, 0.15) is 15.9 Å². The summed E-state index contributed by atoms with van der Waals surface area (Å²) < 4.78 is 5.76.